The van der Waals surface area contributed by atoms with Crippen LogP contribution in [0.4, 0.5) is 23.0 Å². The molecular formula is C63H66N10O6. The molecule has 0 aliphatic carbocycles. The Morgan fingerprint density at radius 1 is 0.557 bits per heavy atom. The Balaban J connectivity index is 0.000000176. The molecule has 6 aromatic rings. The van der Waals surface area contributed by atoms with Crippen molar-refractivity contribution < 1.29 is 28.7 Å². The summed E-state index contributed by atoms with van der Waals surface area (Å²) in [6.45, 7) is 11.3. The van der Waals surface area contributed by atoms with Crippen LogP contribution in [0.25, 0.3) is 0 Å². The Bertz CT molecular complexity index is 3150. The van der Waals surface area contributed by atoms with E-state index in [1.165, 1.54) is 25.7 Å². The van der Waals surface area contributed by atoms with Crippen molar-refractivity contribution in [2.45, 2.75) is 90.3 Å². The second kappa shape index (κ2) is 22.8. The highest BCUT2D eigenvalue weighted by Gasteiger charge is 2.45. The van der Waals surface area contributed by atoms with Gasteiger partial charge in [0.1, 0.15) is 17.4 Å². The molecule has 16 nitrogen and oxygen atoms in total. The van der Waals surface area contributed by atoms with Crippen LogP contribution in [-0.2, 0) is 22.4 Å². The minimum atomic E-state index is -0.398. The van der Waals surface area contributed by atoms with Gasteiger partial charge >= 0.3 is 0 Å². The van der Waals surface area contributed by atoms with Gasteiger partial charge in [0, 0.05) is 98.2 Å². The number of amides is 4. The molecule has 0 bridgehead atoms. The highest BCUT2D eigenvalue weighted by molar-refractivity contribution is 6.06. The summed E-state index contributed by atoms with van der Waals surface area (Å²) in [6, 6.07) is 34.0. The predicted octanol–water partition coefficient (Wildman–Crippen LogP) is 10.1. The van der Waals surface area contributed by atoms with E-state index in [2.05, 4.69) is 42.5 Å². The average Bonchev–Trinajstić information content (AvgIpc) is 4.51. The number of nitrogens with one attached hydrogen (secondary N) is 2. The second-order valence-corrected chi connectivity index (χ2v) is 21.4. The van der Waals surface area contributed by atoms with Crippen molar-refractivity contribution in [1.29, 1.82) is 10.5 Å². The summed E-state index contributed by atoms with van der Waals surface area (Å²) in [5.74, 6) is 1.98. The van der Waals surface area contributed by atoms with Crippen molar-refractivity contribution in [3.05, 3.63) is 171 Å². The predicted molar refractivity (Wildman–Crippen MR) is 303 cm³/mol. The molecule has 4 saturated heterocycles. The van der Waals surface area contributed by atoms with Crippen LogP contribution in [0, 0.1) is 36.5 Å². The van der Waals surface area contributed by atoms with E-state index in [1.807, 2.05) is 96.4 Å². The molecule has 404 valence electrons. The third-order valence-electron chi connectivity index (χ3n) is 16.6. The highest BCUT2D eigenvalue weighted by atomic mass is 16.5. The minimum Gasteiger partial charge on any atom is -0.492 e. The minimum absolute atomic E-state index is 0. The number of fused-ring (bicyclic) bond motifs is 4. The first-order valence-electron chi connectivity index (χ1n) is 27.1. The number of hydrogen-bond acceptors (Lipinski definition) is 12. The fourth-order valence-electron chi connectivity index (χ4n) is 11.8. The van der Waals surface area contributed by atoms with Gasteiger partial charge in [-0.3, -0.25) is 19.2 Å². The summed E-state index contributed by atoms with van der Waals surface area (Å²) in [6.07, 6.45) is 10.9. The van der Waals surface area contributed by atoms with E-state index in [1.54, 1.807) is 36.7 Å². The summed E-state index contributed by atoms with van der Waals surface area (Å²) in [5, 5.41) is 24.3. The number of likely N-dealkylation sites (tertiary alicyclic amines) is 2. The standard InChI is InChI=1S/2C31H31N5O3.CH4/c1-21-4-6-23(17-27(21)34-29(37)24-7-9-28(33-19-24)35-12-2-3-13-35)30(38)36-14-10-31(11-15-36)26-8-5-22(18-32)16-25(26)20-39-31;1-21-4-6-23(17-26(21)34-29(37)24-7-9-28(33-19-24)35-12-2-3-13-35)30(38)36-14-10-31(11-15-36)20-39-27-16-22(18-32)5-8-25(27)31;/h2*4-9,16-17,19H,2-3,10-15,20H2,1H3,(H,34,37);1H4. The molecule has 0 atom stereocenters. The molecule has 2 spiro atoms. The average molecular weight is 1060 g/mol. The molecule has 4 fully saturated rings. The van der Waals surface area contributed by atoms with Crippen LogP contribution in [0.5, 0.6) is 5.75 Å². The molecule has 4 amide bonds. The highest BCUT2D eigenvalue weighted by Crippen LogP contribution is 2.47. The molecule has 8 heterocycles. The molecule has 12 rings (SSSR count). The molecule has 2 N–H and O–H groups in total. The molecule has 0 saturated carbocycles. The Morgan fingerprint density at radius 3 is 1.51 bits per heavy atom. The number of carbonyl (C=O) groups excluding carboxylic acids is 4. The van der Waals surface area contributed by atoms with Crippen LogP contribution in [0.2, 0.25) is 0 Å². The lowest BCUT2D eigenvalue weighted by Gasteiger charge is -2.39. The molecule has 4 aromatic carbocycles. The summed E-state index contributed by atoms with van der Waals surface area (Å²) in [4.78, 5) is 70.0. The number of anilines is 4. The lowest BCUT2D eigenvalue weighted by atomic mass is 9.74. The molecule has 6 aliphatic heterocycles. The molecule has 0 unspecified atom stereocenters. The van der Waals surface area contributed by atoms with Crippen LogP contribution < -0.4 is 25.2 Å². The van der Waals surface area contributed by atoms with Crippen LogP contribution in [0.3, 0.4) is 0 Å². The van der Waals surface area contributed by atoms with E-state index in [9.17, 15) is 29.7 Å². The molecule has 79 heavy (non-hydrogen) atoms. The van der Waals surface area contributed by atoms with E-state index in [0.29, 0.717) is 97.0 Å². The van der Waals surface area contributed by atoms with Gasteiger partial charge in [-0.25, -0.2) is 9.97 Å². The maximum atomic E-state index is 13.4. The van der Waals surface area contributed by atoms with Crippen molar-refractivity contribution in [2.75, 3.05) is 79.4 Å². The third-order valence-corrected chi connectivity index (χ3v) is 16.6. The summed E-state index contributed by atoms with van der Waals surface area (Å²) >= 11 is 0. The number of hydrogen-bond donors (Lipinski definition) is 2. The normalized spacial score (nSPS) is 17.3. The molecular weight excluding hydrogens is 993 g/mol. The number of ether oxygens (including phenoxy) is 2. The van der Waals surface area contributed by atoms with E-state index < -0.39 is 5.60 Å². The Hall–Kier alpha value is -8.60. The van der Waals surface area contributed by atoms with Gasteiger partial charge in [0.25, 0.3) is 23.6 Å². The maximum Gasteiger partial charge on any atom is 0.257 e. The van der Waals surface area contributed by atoms with Gasteiger partial charge in [-0.15, -0.1) is 0 Å². The lowest BCUT2D eigenvalue weighted by molar-refractivity contribution is -0.0741. The summed E-state index contributed by atoms with van der Waals surface area (Å²) < 4.78 is 12.2. The third kappa shape index (κ3) is 11.0. The monoisotopic (exact) mass is 1060 g/mol. The van der Waals surface area contributed by atoms with Gasteiger partial charge in [0.05, 0.1) is 53.2 Å². The summed E-state index contributed by atoms with van der Waals surface area (Å²) in [7, 11) is 0. The Kier molecular flexibility index (Phi) is 15.5. The SMILES string of the molecule is C.Cc1ccc(C(=O)N2CCC3(CC2)COc2cc(C#N)ccc23)cc1NC(=O)c1ccc(N2CCCC2)nc1.Cc1ccc(C(=O)N2CCC3(CC2)OCc2cc(C#N)ccc23)cc1NC(=O)c1ccc(N2CCCC2)nc1. The Labute approximate surface area is 462 Å². The van der Waals surface area contributed by atoms with Crippen molar-refractivity contribution in [1.82, 2.24) is 19.8 Å². The molecule has 16 heteroatoms. The number of nitriles is 2. The fourth-order valence-corrected chi connectivity index (χ4v) is 11.8. The van der Waals surface area contributed by atoms with E-state index in [-0.39, 0.29) is 36.5 Å². The number of pyridine rings is 2. The zero-order valence-corrected chi connectivity index (χ0v) is 44.1. The van der Waals surface area contributed by atoms with Crippen LogP contribution in [-0.4, -0.2) is 102 Å². The first-order chi connectivity index (χ1) is 37.9. The topological polar surface area (TPSA) is 197 Å². The smallest absolute Gasteiger partial charge is 0.257 e. The molecule has 0 radical (unpaired) electrons. The number of rotatable bonds is 8. The number of carbonyl (C=O) groups is 4. The first kappa shape index (κ1) is 53.8. The van der Waals surface area contributed by atoms with Gasteiger partial charge in [-0.05, 0) is 160 Å². The van der Waals surface area contributed by atoms with Crippen molar-refractivity contribution in [3.8, 4) is 17.9 Å². The number of nitrogens with zero attached hydrogens (tertiary/aromatic N) is 8. The molecule has 6 aliphatic rings. The zero-order valence-electron chi connectivity index (χ0n) is 44.1. The van der Waals surface area contributed by atoms with E-state index in [4.69, 9.17) is 9.47 Å². The molecule has 2 aromatic heterocycles. The van der Waals surface area contributed by atoms with Crippen LogP contribution >= 0.6 is 0 Å². The van der Waals surface area contributed by atoms with Crippen molar-refractivity contribution in [2.24, 2.45) is 0 Å². The van der Waals surface area contributed by atoms with Crippen LogP contribution in [0.1, 0.15) is 139 Å². The number of aryl methyl sites for hydroxylation is 2. The number of piperidine rings is 2. The van der Waals surface area contributed by atoms with Gasteiger partial charge in [0.2, 0.25) is 0 Å². The maximum absolute atomic E-state index is 13.4. The van der Waals surface area contributed by atoms with Gasteiger partial charge in [-0.1, -0.05) is 31.7 Å². The number of benzene rings is 4. The van der Waals surface area contributed by atoms with Crippen LogP contribution in [0.15, 0.2) is 109 Å². The van der Waals surface area contributed by atoms with E-state index in [0.717, 1.165) is 84.2 Å². The van der Waals surface area contributed by atoms with E-state index >= 15 is 0 Å². The number of aromatic nitrogens is 2. The summed E-state index contributed by atoms with van der Waals surface area (Å²) in [5.41, 5.74) is 9.11. The lowest BCUT2D eigenvalue weighted by Crippen LogP contribution is -2.46. The van der Waals surface area contributed by atoms with Gasteiger partial charge < -0.3 is 39.7 Å². The quantitative estimate of drug-likeness (QED) is 0.147. The van der Waals surface area contributed by atoms with Gasteiger partial charge in [0.15, 0.2) is 0 Å². The zero-order chi connectivity index (χ0) is 54.0. The van der Waals surface area contributed by atoms with Gasteiger partial charge in [-0.2, -0.15) is 10.5 Å². The Morgan fingerprint density at radius 2 is 1.03 bits per heavy atom. The van der Waals surface area contributed by atoms with Crippen molar-refractivity contribution in [3.63, 3.8) is 0 Å². The largest absolute Gasteiger partial charge is 0.492 e. The fraction of sp³-hybridized carbons (Fsp3) is 0.365. The second-order valence-electron chi connectivity index (χ2n) is 21.4. The first-order valence-corrected chi connectivity index (χ1v) is 27.1. The van der Waals surface area contributed by atoms with Crippen molar-refractivity contribution >= 4 is 46.6 Å².